The summed E-state index contributed by atoms with van der Waals surface area (Å²) in [5, 5.41) is 0.993. The van der Waals surface area contributed by atoms with E-state index in [1.165, 1.54) is 0 Å². The Morgan fingerprint density at radius 3 is 2.02 bits per heavy atom. The monoisotopic (exact) mass is 581 g/mol. The predicted octanol–water partition coefficient (Wildman–Crippen LogP) is 8.29. The minimum Gasteiger partial charge on any atom is -0.493 e. The predicted molar refractivity (Wildman–Crippen MR) is 159 cm³/mol. The third-order valence-electron chi connectivity index (χ3n) is 8.20. The fourth-order valence-electron chi connectivity index (χ4n) is 6.59. The molecule has 0 N–H and O–H groups in total. The molecule has 40 heavy (non-hydrogen) atoms. The van der Waals surface area contributed by atoms with Crippen LogP contribution in [0.4, 0.5) is 0 Å². The lowest BCUT2D eigenvalue weighted by molar-refractivity contribution is -0.119. The van der Waals surface area contributed by atoms with Gasteiger partial charge in [0.05, 0.1) is 12.1 Å². The van der Waals surface area contributed by atoms with E-state index in [4.69, 9.17) is 32.7 Å². The van der Waals surface area contributed by atoms with Crippen LogP contribution >= 0.6 is 23.2 Å². The van der Waals surface area contributed by atoms with Crippen molar-refractivity contribution < 1.29 is 19.1 Å². The van der Waals surface area contributed by atoms with Crippen molar-refractivity contribution in [3.63, 3.8) is 0 Å². The summed E-state index contributed by atoms with van der Waals surface area (Å²) in [5.74, 6) is 0.562. The molecule has 1 heterocycles. The van der Waals surface area contributed by atoms with Crippen molar-refractivity contribution in [1.29, 1.82) is 0 Å². The number of benzene rings is 2. The van der Waals surface area contributed by atoms with Gasteiger partial charge in [0, 0.05) is 52.9 Å². The van der Waals surface area contributed by atoms with E-state index in [0.717, 1.165) is 46.5 Å². The Labute approximate surface area is 247 Å². The first-order chi connectivity index (χ1) is 18.8. The highest BCUT2D eigenvalue weighted by Gasteiger charge is 2.48. The molecule has 5 nitrogen and oxygen atoms in total. The lowest BCUT2D eigenvalue weighted by Gasteiger charge is -2.49. The molecule has 0 amide bonds. The third kappa shape index (κ3) is 5.31. The van der Waals surface area contributed by atoms with Gasteiger partial charge in [0.25, 0.3) is 0 Å². The normalized spacial score (nSPS) is 20.4. The number of allylic oxidation sites excluding steroid dienone is 4. The van der Waals surface area contributed by atoms with Gasteiger partial charge in [-0.15, -0.1) is 0 Å². The molecule has 0 saturated carbocycles. The Balaban J connectivity index is 1.65. The molecule has 0 atom stereocenters. The van der Waals surface area contributed by atoms with Gasteiger partial charge in [-0.05, 0) is 66.0 Å². The fourth-order valence-corrected chi connectivity index (χ4v) is 7.08. The summed E-state index contributed by atoms with van der Waals surface area (Å²) in [4.78, 5) is 30.0. The second-order valence-corrected chi connectivity index (χ2v) is 13.6. The zero-order valence-electron chi connectivity index (χ0n) is 24.1. The molecule has 7 heteroatoms. The first-order valence-electron chi connectivity index (χ1n) is 13.9. The summed E-state index contributed by atoms with van der Waals surface area (Å²) in [6, 6.07) is 11.2. The van der Waals surface area contributed by atoms with E-state index in [-0.39, 0.29) is 29.0 Å². The number of hydrogen-bond acceptors (Lipinski definition) is 5. The molecule has 1 aliphatic heterocycles. The summed E-state index contributed by atoms with van der Waals surface area (Å²) >= 11 is 13.0. The maximum Gasteiger partial charge on any atom is 0.180 e. The van der Waals surface area contributed by atoms with E-state index in [0.29, 0.717) is 40.9 Å². The van der Waals surface area contributed by atoms with Gasteiger partial charge < -0.3 is 14.4 Å². The largest absolute Gasteiger partial charge is 0.493 e. The SMILES string of the molecule is CCN1C2=C(C(=O)CC(C)(C)C2)C(c2cc(Cl)c(OCc3cccc(Cl)c3)c(OC)c2)C2=C1CC(C)(C)CC2=O. The van der Waals surface area contributed by atoms with Crippen LogP contribution in [-0.2, 0) is 16.2 Å². The van der Waals surface area contributed by atoms with E-state index >= 15 is 0 Å². The Bertz CT molecular complexity index is 1400. The Hall–Kier alpha value is -2.76. The molecule has 2 aromatic carbocycles. The number of hydrogen-bond donors (Lipinski definition) is 0. The van der Waals surface area contributed by atoms with Crippen LogP contribution in [0.15, 0.2) is 58.9 Å². The van der Waals surface area contributed by atoms with Crippen molar-refractivity contribution in [2.24, 2.45) is 10.8 Å². The molecule has 0 spiro atoms. The van der Waals surface area contributed by atoms with Crippen molar-refractivity contribution in [3.05, 3.63) is 80.1 Å². The highest BCUT2D eigenvalue weighted by atomic mass is 35.5. The number of ether oxygens (including phenoxy) is 2. The summed E-state index contributed by atoms with van der Waals surface area (Å²) in [6.45, 7) is 11.6. The van der Waals surface area contributed by atoms with Crippen molar-refractivity contribution in [2.75, 3.05) is 13.7 Å². The van der Waals surface area contributed by atoms with Gasteiger partial charge in [-0.1, -0.05) is 63.0 Å². The number of halogens is 2. The Kier molecular flexibility index (Phi) is 7.60. The summed E-state index contributed by atoms with van der Waals surface area (Å²) in [7, 11) is 1.57. The van der Waals surface area contributed by atoms with E-state index in [2.05, 4.69) is 39.5 Å². The topological polar surface area (TPSA) is 55.8 Å². The number of Topliss-reactive ketones (excluding diaryl/α,β-unsaturated/α-hetero) is 2. The molecule has 0 radical (unpaired) electrons. The quantitative estimate of drug-likeness (QED) is 0.343. The number of methoxy groups -OCH3 is 1. The van der Waals surface area contributed by atoms with Crippen molar-refractivity contribution >= 4 is 34.8 Å². The van der Waals surface area contributed by atoms with Crippen LogP contribution in [0.3, 0.4) is 0 Å². The molecular formula is C33H37Cl2NO4. The first kappa shape index (κ1) is 28.8. The molecule has 0 saturated heterocycles. The van der Waals surface area contributed by atoms with Gasteiger partial charge in [0.2, 0.25) is 0 Å². The molecule has 2 aliphatic carbocycles. The number of carbonyl (C=O) groups is 2. The summed E-state index contributed by atoms with van der Waals surface area (Å²) in [5.41, 5.74) is 4.87. The van der Waals surface area contributed by atoms with Crippen LogP contribution in [0.25, 0.3) is 0 Å². The van der Waals surface area contributed by atoms with Crippen molar-refractivity contribution in [3.8, 4) is 11.5 Å². The van der Waals surface area contributed by atoms with Gasteiger partial charge in [0.1, 0.15) is 6.61 Å². The molecule has 0 unspecified atom stereocenters. The first-order valence-corrected chi connectivity index (χ1v) is 14.6. The minimum atomic E-state index is -0.492. The van der Waals surface area contributed by atoms with Crippen LogP contribution in [0, 0.1) is 10.8 Å². The highest BCUT2D eigenvalue weighted by molar-refractivity contribution is 6.32. The van der Waals surface area contributed by atoms with Crippen LogP contribution in [0.1, 0.15) is 77.3 Å². The number of ketones is 2. The van der Waals surface area contributed by atoms with Crippen LogP contribution < -0.4 is 9.47 Å². The lowest BCUT2D eigenvalue weighted by atomic mass is 9.63. The standard InChI is InChI=1S/C33H37Cl2NO4/c1-7-36-23-14-32(2,3)16-25(37)29(23)28(30-24(36)15-33(4,5)17-26(30)38)20-12-22(35)31(27(13-20)39-6)40-18-19-9-8-10-21(34)11-19/h8-13,28H,7,14-18H2,1-6H3. The highest BCUT2D eigenvalue weighted by Crippen LogP contribution is 2.55. The average molecular weight is 583 g/mol. The van der Waals surface area contributed by atoms with Crippen LogP contribution in [-0.4, -0.2) is 30.1 Å². The van der Waals surface area contributed by atoms with Gasteiger partial charge >= 0.3 is 0 Å². The van der Waals surface area contributed by atoms with E-state index in [1.807, 2.05) is 36.4 Å². The van der Waals surface area contributed by atoms with Crippen molar-refractivity contribution in [2.45, 2.75) is 72.8 Å². The Morgan fingerprint density at radius 1 is 0.900 bits per heavy atom. The summed E-state index contributed by atoms with van der Waals surface area (Å²) < 4.78 is 11.9. The maximum absolute atomic E-state index is 13.9. The number of carbonyl (C=O) groups excluding carboxylic acids is 2. The van der Waals surface area contributed by atoms with Gasteiger partial charge in [-0.25, -0.2) is 0 Å². The molecule has 0 fully saturated rings. The lowest BCUT2D eigenvalue weighted by Crippen LogP contribution is -2.44. The second kappa shape index (κ2) is 10.6. The van der Waals surface area contributed by atoms with Crippen LogP contribution in [0.5, 0.6) is 11.5 Å². The Morgan fingerprint density at radius 2 is 1.50 bits per heavy atom. The third-order valence-corrected chi connectivity index (χ3v) is 8.71. The van der Waals surface area contributed by atoms with Gasteiger partial charge in [0.15, 0.2) is 23.1 Å². The molecule has 212 valence electrons. The number of rotatable bonds is 6. The van der Waals surface area contributed by atoms with Gasteiger partial charge in [-0.2, -0.15) is 0 Å². The zero-order chi connectivity index (χ0) is 29.0. The molecule has 0 aromatic heterocycles. The molecular weight excluding hydrogens is 545 g/mol. The average Bonchev–Trinajstić information content (AvgIpc) is 2.85. The smallest absolute Gasteiger partial charge is 0.180 e. The number of nitrogens with zero attached hydrogens (tertiary/aromatic N) is 1. The van der Waals surface area contributed by atoms with E-state index < -0.39 is 5.92 Å². The molecule has 2 aromatic rings. The molecule has 3 aliphatic rings. The second-order valence-electron chi connectivity index (χ2n) is 12.7. The molecule has 5 rings (SSSR count). The minimum absolute atomic E-state index is 0.0928. The fraction of sp³-hybridized carbons (Fsp3) is 0.455. The zero-order valence-corrected chi connectivity index (χ0v) is 25.6. The van der Waals surface area contributed by atoms with Crippen molar-refractivity contribution in [1.82, 2.24) is 4.90 Å². The molecule has 0 bridgehead atoms. The van der Waals surface area contributed by atoms with Gasteiger partial charge in [-0.3, -0.25) is 9.59 Å². The maximum atomic E-state index is 13.9. The van der Waals surface area contributed by atoms with E-state index in [9.17, 15) is 9.59 Å². The summed E-state index contributed by atoms with van der Waals surface area (Å²) in [6.07, 6.45) is 2.42. The van der Waals surface area contributed by atoms with E-state index in [1.54, 1.807) is 7.11 Å². The van der Waals surface area contributed by atoms with Crippen LogP contribution in [0.2, 0.25) is 10.0 Å².